The summed E-state index contributed by atoms with van der Waals surface area (Å²) in [5.41, 5.74) is 0. The molecule has 7 heteroatoms. The van der Waals surface area contributed by atoms with Gasteiger partial charge >= 0.3 is 29.6 Å². The Hall–Kier alpha value is 0.830. The summed E-state index contributed by atoms with van der Waals surface area (Å²) in [5.74, 6) is -0.548. The van der Waals surface area contributed by atoms with Crippen LogP contribution < -0.4 is 29.6 Å². The van der Waals surface area contributed by atoms with Crippen molar-refractivity contribution >= 4 is 10.1 Å². The molecular weight excluding hydrogens is 181 g/mol. The molecule has 0 unspecified atom stereocenters. The largest absolute Gasteiger partial charge is 1.00 e. The van der Waals surface area contributed by atoms with Crippen molar-refractivity contribution in [3.63, 3.8) is 0 Å². The van der Waals surface area contributed by atoms with Gasteiger partial charge in [0.2, 0.25) is 0 Å². The number of aliphatic hydroxyl groups excluding tert-OH is 1. The monoisotopic (exact) mass is 191 g/mol. The minimum atomic E-state index is -4.18. The molecule has 0 aromatic rings. The maximum Gasteiger partial charge on any atom is 1.00 e. The van der Waals surface area contributed by atoms with Crippen LogP contribution in [0.15, 0.2) is 0 Å². The van der Waals surface area contributed by atoms with Gasteiger partial charge in [0.05, 0.1) is 12.5 Å². The molecule has 5 nitrogen and oxygen atoms in total. The first-order valence-corrected chi connectivity index (χ1v) is 4.26. The molecule has 62 valence electrons. The summed E-state index contributed by atoms with van der Waals surface area (Å²) >= 11 is 0. The number of likely N-dealkylation sites (N-methyl/N-ethyl adjacent to an activating group) is 1. The third-order valence-electron chi connectivity index (χ3n) is 0.860. The van der Waals surface area contributed by atoms with E-state index in [4.69, 9.17) is 5.11 Å². The Morgan fingerprint density at radius 2 is 2.00 bits per heavy atom. The fraction of sp³-hybridized carbons (Fsp3) is 1.00. The van der Waals surface area contributed by atoms with Gasteiger partial charge in [-0.2, -0.15) is 0 Å². The van der Waals surface area contributed by atoms with E-state index in [-0.39, 0.29) is 42.7 Å². The van der Waals surface area contributed by atoms with Crippen LogP contribution in [0.25, 0.3) is 0 Å². The minimum Gasteiger partial charge on any atom is -0.747 e. The average molecular weight is 191 g/mol. The molecule has 0 atom stereocenters. The van der Waals surface area contributed by atoms with Gasteiger partial charge in [-0.05, 0) is 7.05 Å². The van der Waals surface area contributed by atoms with Gasteiger partial charge in [-0.15, -0.1) is 0 Å². The van der Waals surface area contributed by atoms with E-state index in [1.807, 2.05) is 0 Å². The molecular formula is C4H10NNaO4S. The summed E-state index contributed by atoms with van der Waals surface area (Å²) < 4.78 is 30.1. The molecule has 0 bridgehead atoms. The van der Waals surface area contributed by atoms with Crippen LogP contribution in [0.3, 0.4) is 0 Å². The van der Waals surface area contributed by atoms with Gasteiger partial charge in [0, 0.05) is 6.54 Å². The zero-order valence-electron chi connectivity index (χ0n) is 6.65. The van der Waals surface area contributed by atoms with E-state index in [1.165, 1.54) is 11.9 Å². The molecule has 0 amide bonds. The van der Waals surface area contributed by atoms with E-state index in [0.717, 1.165) is 0 Å². The van der Waals surface area contributed by atoms with Gasteiger partial charge in [0.25, 0.3) is 0 Å². The van der Waals surface area contributed by atoms with Crippen molar-refractivity contribution in [1.82, 2.24) is 4.90 Å². The fourth-order valence-corrected chi connectivity index (χ4v) is 1.17. The SMILES string of the molecule is CN(CCO)CS(=O)(=O)[O-].[Na+]. The molecule has 0 saturated heterocycles. The molecule has 11 heavy (non-hydrogen) atoms. The first kappa shape index (κ1) is 14.4. The van der Waals surface area contributed by atoms with Gasteiger partial charge in [0.1, 0.15) is 10.1 Å². The van der Waals surface area contributed by atoms with Crippen LogP contribution in [0, 0.1) is 0 Å². The summed E-state index contributed by atoms with van der Waals surface area (Å²) in [6, 6.07) is 0. The Morgan fingerprint density at radius 3 is 2.27 bits per heavy atom. The van der Waals surface area contributed by atoms with Crippen molar-refractivity contribution in [3.05, 3.63) is 0 Å². The molecule has 0 spiro atoms. The van der Waals surface area contributed by atoms with Gasteiger partial charge in [-0.3, -0.25) is 4.90 Å². The fourth-order valence-electron chi connectivity index (χ4n) is 0.505. The number of hydrogen-bond donors (Lipinski definition) is 1. The van der Waals surface area contributed by atoms with E-state index in [2.05, 4.69) is 0 Å². The summed E-state index contributed by atoms with van der Waals surface area (Å²) in [6.45, 7) is 0.0491. The molecule has 0 aliphatic heterocycles. The van der Waals surface area contributed by atoms with Crippen molar-refractivity contribution in [2.75, 3.05) is 26.1 Å². The molecule has 0 aliphatic rings. The van der Waals surface area contributed by atoms with Crippen LogP contribution in [-0.4, -0.2) is 49.1 Å². The summed E-state index contributed by atoms with van der Waals surface area (Å²) in [6.07, 6.45) is 0. The van der Waals surface area contributed by atoms with Crippen LogP contribution >= 0.6 is 0 Å². The Balaban J connectivity index is 0. The van der Waals surface area contributed by atoms with Crippen LogP contribution in [0.5, 0.6) is 0 Å². The Bertz CT molecular complexity index is 181. The quantitative estimate of drug-likeness (QED) is 0.357. The smallest absolute Gasteiger partial charge is 0.747 e. The van der Waals surface area contributed by atoms with Crippen molar-refractivity contribution in [2.24, 2.45) is 0 Å². The third-order valence-corrected chi connectivity index (χ3v) is 1.62. The topological polar surface area (TPSA) is 80.7 Å². The van der Waals surface area contributed by atoms with Crippen LogP contribution in [0.1, 0.15) is 0 Å². The summed E-state index contributed by atoms with van der Waals surface area (Å²) in [4.78, 5) is 1.24. The molecule has 0 rings (SSSR count). The first-order valence-electron chi connectivity index (χ1n) is 2.68. The van der Waals surface area contributed by atoms with E-state index in [1.54, 1.807) is 0 Å². The van der Waals surface area contributed by atoms with Crippen LogP contribution in [0.2, 0.25) is 0 Å². The minimum absolute atomic E-state index is 0. The molecule has 0 radical (unpaired) electrons. The van der Waals surface area contributed by atoms with E-state index < -0.39 is 16.0 Å². The van der Waals surface area contributed by atoms with E-state index in [9.17, 15) is 13.0 Å². The average Bonchev–Trinajstić information content (AvgIpc) is 1.59. The van der Waals surface area contributed by atoms with E-state index >= 15 is 0 Å². The maximum absolute atomic E-state index is 10.0. The Morgan fingerprint density at radius 1 is 1.55 bits per heavy atom. The zero-order chi connectivity index (χ0) is 8.20. The number of nitrogens with zero attached hydrogens (tertiary/aromatic N) is 1. The molecule has 0 heterocycles. The Kier molecular flexibility index (Phi) is 8.30. The van der Waals surface area contributed by atoms with Crippen molar-refractivity contribution in [2.45, 2.75) is 0 Å². The summed E-state index contributed by atoms with van der Waals surface area (Å²) in [5, 5.41) is 8.29. The van der Waals surface area contributed by atoms with Gasteiger partial charge in [0.15, 0.2) is 0 Å². The first-order chi connectivity index (χ1) is 4.45. The molecule has 0 aromatic carbocycles. The van der Waals surface area contributed by atoms with Gasteiger partial charge in [-0.1, -0.05) is 0 Å². The maximum atomic E-state index is 10.0. The number of rotatable bonds is 4. The molecule has 0 aromatic heterocycles. The predicted molar refractivity (Wildman–Crippen MR) is 34.3 cm³/mol. The molecule has 0 aliphatic carbocycles. The van der Waals surface area contributed by atoms with Crippen LogP contribution in [-0.2, 0) is 10.1 Å². The van der Waals surface area contributed by atoms with Crippen molar-refractivity contribution < 1.29 is 47.6 Å². The van der Waals surface area contributed by atoms with Gasteiger partial charge < -0.3 is 9.66 Å². The number of aliphatic hydroxyl groups is 1. The standard InChI is InChI=1S/C4H11NO4S.Na/c1-5(2-3-6)4-10(7,8)9;/h6H,2-4H2,1H3,(H,7,8,9);/q;+1/p-1. The second-order valence-electron chi connectivity index (χ2n) is 1.99. The van der Waals surface area contributed by atoms with Crippen LogP contribution in [0.4, 0.5) is 0 Å². The summed E-state index contributed by atoms with van der Waals surface area (Å²) in [7, 11) is -2.73. The van der Waals surface area contributed by atoms with Crippen molar-refractivity contribution in [3.8, 4) is 0 Å². The normalized spacial score (nSPS) is 11.3. The predicted octanol–water partition coefficient (Wildman–Crippen LogP) is -4.58. The third kappa shape index (κ3) is 10.8. The number of hydrogen-bond acceptors (Lipinski definition) is 5. The molecule has 0 saturated carbocycles. The van der Waals surface area contributed by atoms with Crippen molar-refractivity contribution in [1.29, 1.82) is 0 Å². The zero-order valence-corrected chi connectivity index (χ0v) is 9.47. The second-order valence-corrected chi connectivity index (χ2v) is 3.36. The molecule has 1 N–H and O–H groups in total. The molecule has 0 fully saturated rings. The second kappa shape index (κ2) is 6.36. The van der Waals surface area contributed by atoms with E-state index in [0.29, 0.717) is 0 Å². The Labute approximate surface area is 88.4 Å². The van der Waals surface area contributed by atoms with Gasteiger partial charge in [-0.25, -0.2) is 8.42 Å².